The van der Waals surface area contributed by atoms with Gasteiger partial charge in [-0.2, -0.15) is 0 Å². The van der Waals surface area contributed by atoms with Crippen LogP contribution in [-0.4, -0.2) is 38.3 Å². The van der Waals surface area contributed by atoms with Gasteiger partial charge in [-0.1, -0.05) is 19.8 Å². The fourth-order valence-corrected chi connectivity index (χ4v) is 1.89. The van der Waals surface area contributed by atoms with Gasteiger partial charge < -0.3 is 21.9 Å². The molecule has 1 aliphatic rings. The van der Waals surface area contributed by atoms with Crippen molar-refractivity contribution >= 4 is 0 Å². The number of rotatable bonds is 5. The SMILES string of the molecule is CCCCCC[NH+]1CCN(C)C1.[Br-]. The molecule has 0 bridgehead atoms. The van der Waals surface area contributed by atoms with Gasteiger partial charge in [0.05, 0.1) is 19.6 Å². The average molecular weight is 251 g/mol. The Hall–Kier alpha value is 0.400. The number of hydrogen-bond acceptors (Lipinski definition) is 1. The number of likely N-dealkylation sites (N-methyl/N-ethyl adjacent to an activating group) is 1. The second-order valence-corrected chi connectivity index (χ2v) is 4.05. The van der Waals surface area contributed by atoms with Crippen molar-refractivity contribution in [1.82, 2.24) is 4.90 Å². The highest BCUT2D eigenvalue weighted by molar-refractivity contribution is 4.49. The molecule has 1 unspecified atom stereocenters. The molecule has 0 amide bonds. The highest BCUT2D eigenvalue weighted by Crippen LogP contribution is 1.96. The van der Waals surface area contributed by atoms with Crippen LogP contribution in [0.5, 0.6) is 0 Å². The Morgan fingerprint density at radius 2 is 2.00 bits per heavy atom. The number of unbranched alkanes of at least 4 members (excludes halogenated alkanes) is 3. The van der Waals surface area contributed by atoms with Gasteiger partial charge in [-0.05, 0) is 19.9 Å². The van der Waals surface area contributed by atoms with E-state index in [0.717, 1.165) is 0 Å². The van der Waals surface area contributed by atoms with Crippen molar-refractivity contribution < 1.29 is 21.9 Å². The number of halogens is 1. The Kier molecular flexibility index (Phi) is 8.01. The maximum Gasteiger partial charge on any atom is 0.133 e. The zero-order chi connectivity index (χ0) is 8.81. The molecule has 1 rings (SSSR count). The molecule has 1 atom stereocenters. The van der Waals surface area contributed by atoms with E-state index in [4.69, 9.17) is 0 Å². The van der Waals surface area contributed by atoms with Gasteiger partial charge in [0, 0.05) is 0 Å². The summed E-state index contributed by atoms with van der Waals surface area (Å²) in [6.45, 7) is 7.60. The topological polar surface area (TPSA) is 7.68 Å². The van der Waals surface area contributed by atoms with Crippen molar-refractivity contribution in [1.29, 1.82) is 0 Å². The lowest BCUT2D eigenvalue weighted by atomic mass is 10.2. The Balaban J connectivity index is 0.00000144. The zero-order valence-corrected chi connectivity index (χ0v) is 10.6. The van der Waals surface area contributed by atoms with E-state index in [1.54, 1.807) is 4.90 Å². The predicted octanol–water partition coefficient (Wildman–Crippen LogP) is -2.64. The summed E-state index contributed by atoms with van der Waals surface area (Å²) in [6.07, 6.45) is 5.64. The maximum atomic E-state index is 2.43. The Morgan fingerprint density at radius 3 is 2.54 bits per heavy atom. The van der Waals surface area contributed by atoms with Gasteiger partial charge in [-0.3, -0.25) is 4.90 Å². The van der Waals surface area contributed by atoms with Gasteiger partial charge >= 0.3 is 0 Å². The third-order valence-electron chi connectivity index (χ3n) is 2.72. The molecule has 0 radical (unpaired) electrons. The zero-order valence-electron chi connectivity index (χ0n) is 8.98. The van der Waals surface area contributed by atoms with E-state index in [1.165, 1.54) is 52.0 Å². The number of quaternary nitrogens is 1. The fourth-order valence-electron chi connectivity index (χ4n) is 1.89. The first-order chi connectivity index (χ1) is 5.83. The van der Waals surface area contributed by atoms with Crippen molar-refractivity contribution in [2.75, 3.05) is 33.4 Å². The van der Waals surface area contributed by atoms with Crippen molar-refractivity contribution in [2.45, 2.75) is 32.6 Å². The highest BCUT2D eigenvalue weighted by Gasteiger charge is 2.18. The van der Waals surface area contributed by atoms with E-state index in [1.807, 2.05) is 0 Å². The lowest BCUT2D eigenvalue weighted by Gasteiger charge is -2.11. The molecule has 0 saturated carbocycles. The van der Waals surface area contributed by atoms with Gasteiger partial charge in [-0.15, -0.1) is 0 Å². The number of nitrogens with zero attached hydrogens (tertiary/aromatic N) is 1. The van der Waals surface area contributed by atoms with Gasteiger partial charge in [0.25, 0.3) is 0 Å². The first kappa shape index (κ1) is 13.4. The van der Waals surface area contributed by atoms with Crippen LogP contribution in [0.4, 0.5) is 0 Å². The Bertz CT molecular complexity index is 119. The van der Waals surface area contributed by atoms with E-state index in [9.17, 15) is 0 Å². The predicted molar refractivity (Wildman–Crippen MR) is 52.3 cm³/mol. The summed E-state index contributed by atoms with van der Waals surface area (Å²) in [7, 11) is 2.22. The summed E-state index contributed by atoms with van der Waals surface area (Å²) in [6, 6.07) is 0. The summed E-state index contributed by atoms with van der Waals surface area (Å²) in [5, 5.41) is 0. The Labute approximate surface area is 93.1 Å². The molecule has 1 heterocycles. The van der Waals surface area contributed by atoms with E-state index in [2.05, 4.69) is 18.9 Å². The molecule has 0 aromatic heterocycles. The molecular weight excluding hydrogens is 228 g/mol. The second kappa shape index (κ2) is 7.77. The summed E-state index contributed by atoms with van der Waals surface area (Å²) in [5.74, 6) is 0. The number of hydrogen-bond donors (Lipinski definition) is 1. The Morgan fingerprint density at radius 1 is 1.23 bits per heavy atom. The molecule has 0 aromatic carbocycles. The van der Waals surface area contributed by atoms with E-state index >= 15 is 0 Å². The second-order valence-electron chi connectivity index (χ2n) is 4.05. The van der Waals surface area contributed by atoms with Crippen LogP contribution in [0.15, 0.2) is 0 Å². The van der Waals surface area contributed by atoms with Crippen LogP contribution in [0.25, 0.3) is 0 Å². The first-order valence-electron chi connectivity index (χ1n) is 5.35. The van der Waals surface area contributed by atoms with E-state index in [0.29, 0.717) is 0 Å². The third kappa shape index (κ3) is 5.66. The highest BCUT2D eigenvalue weighted by atomic mass is 79.9. The summed E-state index contributed by atoms with van der Waals surface area (Å²) in [4.78, 5) is 4.21. The van der Waals surface area contributed by atoms with Crippen LogP contribution in [0, 0.1) is 0 Å². The molecular formula is C10H23BrN2. The van der Waals surface area contributed by atoms with Crippen LogP contribution in [0.2, 0.25) is 0 Å². The molecule has 2 nitrogen and oxygen atoms in total. The first-order valence-corrected chi connectivity index (χ1v) is 5.35. The molecule has 1 saturated heterocycles. The smallest absolute Gasteiger partial charge is 0.133 e. The minimum Gasteiger partial charge on any atom is -1.00 e. The summed E-state index contributed by atoms with van der Waals surface area (Å²) >= 11 is 0. The molecule has 80 valence electrons. The largest absolute Gasteiger partial charge is 1.00 e. The van der Waals surface area contributed by atoms with Crippen LogP contribution in [0.1, 0.15) is 32.6 Å². The van der Waals surface area contributed by atoms with Crippen molar-refractivity contribution in [2.24, 2.45) is 0 Å². The van der Waals surface area contributed by atoms with Crippen molar-refractivity contribution in [3.63, 3.8) is 0 Å². The standard InChI is InChI=1S/C10H22N2.BrH/c1-3-4-5-6-7-12-9-8-11(2)10-12;/h3-10H2,1-2H3;1H. The van der Waals surface area contributed by atoms with Gasteiger partial charge in [0.1, 0.15) is 6.67 Å². The average Bonchev–Trinajstić information content (AvgIpc) is 2.45. The van der Waals surface area contributed by atoms with Gasteiger partial charge in [0.2, 0.25) is 0 Å². The van der Waals surface area contributed by atoms with Crippen LogP contribution >= 0.6 is 0 Å². The molecule has 0 aliphatic carbocycles. The summed E-state index contributed by atoms with van der Waals surface area (Å²) < 4.78 is 0. The molecule has 0 spiro atoms. The molecule has 3 heteroatoms. The minimum atomic E-state index is 0. The number of nitrogens with one attached hydrogen (secondary N) is 1. The molecule has 13 heavy (non-hydrogen) atoms. The van der Waals surface area contributed by atoms with Crippen LogP contribution in [0.3, 0.4) is 0 Å². The molecule has 0 aromatic rings. The fraction of sp³-hybridized carbons (Fsp3) is 1.00. The normalized spacial score (nSPS) is 23.1. The van der Waals surface area contributed by atoms with E-state index in [-0.39, 0.29) is 17.0 Å². The molecule has 1 aliphatic heterocycles. The molecule has 1 N–H and O–H groups in total. The van der Waals surface area contributed by atoms with Gasteiger partial charge in [0.15, 0.2) is 0 Å². The third-order valence-corrected chi connectivity index (χ3v) is 2.72. The van der Waals surface area contributed by atoms with Crippen LogP contribution < -0.4 is 21.9 Å². The van der Waals surface area contributed by atoms with Crippen molar-refractivity contribution in [3.05, 3.63) is 0 Å². The monoisotopic (exact) mass is 250 g/mol. The van der Waals surface area contributed by atoms with Crippen LogP contribution in [-0.2, 0) is 0 Å². The maximum absolute atomic E-state index is 2.43. The van der Waals surface area contributed by atoms with Crippen molar-refractivity contribution in [3.8, 4) is 0 Å². The lowest BCUT2D eigenvalue weighted by molar-refractivity contribution is -0.891. The molecule has 1 fully saturated rings. The lowest BCUT2D eigenvalue weighted by Crippen LogP contribution is -3.10. The quantitative estimate of drug-likeness (QED) is 0.525. The minimum absolute atomic E-state index is 0. The van der Waals surface area contributed by atoms with E-state index < -0.39 is 0 Å². The van der Waals surface area contributed by atoms with Gasteiger partial charge in [-0.25, -0.2) is 0 Å². The summed E-state index contributed by atoms with van der Waals surface area (Å²) in [5.41, 5.74) is 0.